The van der Waals surface area contributed by atoms with E-state index in [1.165, 1.54) is 4.31 Å². The lowest BCUT2D eigenvalue weighted by atomic mass is 10.2. The number of amides is 1. The van der Waals surface area contributed by atoms with Gasteiger partial charge in [0.2, 0.25) is 10.0 Å². The molecular weight excluding hydrogens is 373 g/mol. The minimum atomic E-state index is -3.21. The number of carbonyl (C=O) groups excluding carboxylic acids is 1. The normalized spacial score (nSPS) is 16.7. The number of nitrogens with zero attached hydrogens (tertiary/aromatic N) is 2. The molecule has 2 aromatic rings. The van der Waals surface area contributed by atoms with Crippen molar-refractivity contribution < 1.29 is 13.2 Å². The molecule has 0 aliphatic carbocycles. The van der Waals surface area contributed by atoms with E-state index in [4.69, 9.17) is 23.2 Å². The van der Waals surface area contributed by atoms with Crippen molar-refractivity contribution in [3.63, 3.8) is 0 Å². The van der Waals surface area contributed by atoms with Gasteiger partial charge in [-0.15, -0.1) is 0 Å². The molecule has 1 aromatic carbocycles. The number of hydrogen-bond donors (Lipinski definition) is 1. The number of sulfonamides is 1. The molecule has 0 saturated carbocycles. The molecule has 0 spiro atoms. The lowest BCUT2D eigenvalue weighted by molar-refractivity contribution is 0.0693. The average molecular weight is 390 g/mol. The molecule has 1 amide bonds. The first-order chi connectivity index (χ1) is 11.3. The molecule has 1 aliphatic rings. The summed E-state index contributed by atoms with van der Waals surface area (Å²) < 4.78 is 25.2. The zero-order valence-corrected chi connectivity index (χ0v) is 15.4. The van der Waals surface area contributed by atoms with E-state index in [1.807, 2.05) is 0 Å². The van der Waals surface area contributed by atoms with Gasteiger partial charge in [0.25, 0.3) is 5.91 Å². The fourth-order valence-electron chi connectivity index (χ4n) is 2.78. The van der Waals surface area contributed by atoms with Crippen LogP contribution in [0.3, 0.4) is 0 Å². The van der Waals surface area contributed by atoms with Crippen LogP contribution in [0.5, 0.6) is 0 Å². The van der Waals surface area contributed by atoms with Crippen LogP contribution >= 0.6 is 23.2 Å². The maximum atomic E-state index is 12.6. The standard InChI is InChI=1S/C15H17Cl2N3O3S/c1-2-24(22,23)20-7-5-19(6-8-20)15(21)13-9-10-12(18-13)4-3-11(16)14(10)17/h3-4,9,18H,2,5-8H2,1H3. The molecule has 24 heavy (non-hydrogen) atoms. The smallest absolute Gasteiger partial charge is 0.270 e. The maximum Gasteiger partial charge on any atom is 0.270 e. The van der Waals surface area contributed by atoms with Gasteiger partial charge in [0.1, 0.15) is 5.69 Å². The van der Waals surface area contributed by atoms with E-state index in [2.05, 4.69) is 4.98 Å². The molecule has 2 heterocycles. The molecule has 1 aromatic heterocycles. The summed E-state index contributed by atoms with van der Waals surface area (Å²) in [5.41, 5.74) is 1.15. The molecule has 3 rings (SSSR count). The van der Waals surface area contributed by atoms with E-state index in [-0.39, 0.29) is 11.7 Å². The first-order valence-electron chi connectivity index (χ1n) is 7.57. The van der Waals surface area contributed by atoms with Gasteiger partial charge in [0.15, 0.2) is 0 Å². The first kappa shape index (κ1) is 17.5. The van der Waals surface area contributed by atoms with E-state index < -0.39 is 10.0 Å². The van der Waals surface area contributed by atoms with Crippen molar-refractivity contribution in [3.8, 4) is 0 Å². The van der Waals surface area contributed by atoms with Crippen LogP contribution in [-0.2, 0) is 10.0 Å². The van der Waals surface area contributed by atoms with Gasteiger partial charge >= 0.3 is 0 Å². The number of fused-ring (bicyclic) bond motifs is 1. The van der Waals surface area contributed by atoms with Gasteiger partial charge < -0.3 is 9.88 Å². The number of rotatable bonds is 3. The van der Waals surface area contributed by atoms with Crippen LogP contribution in [0.2, 0.25) is 10.0 Å². The molecule has 130 valence electrons. The summed E-state index contributed by atoms with van der Waals surface area (Å²) in [6, 6.07) is 5.12. The van der Waals surface area contributed by atoms with Gasteiger partial charge in [-0.2, -0.15) is 4.31 Å². The number of nitrogens with one attached hydrogen (secondary N) is 1. The Morgan fingerprint density at radius 3 is 2.50 bits per heavy atom. The SMILES string of the molecule is CCS(=O)(=O)N1CCN(C(=O)c2cc3c(Cl)c(Cl)ccc3[nH]2)CC1. The molecule has 1 aliphatic heterocycles. The first-order valence-corrected chi connectivity index (χ1v) is 9.94. The maximum absolute atomic E-state index is 12.6. The lowest BCUT2D eigenvalue weighted by Crippen LogP contribution is -2.50. The predicted molar refractivity (Wildman–Crippen MR) is 95.3 cm³/mol. The van der Waals surface area contributed by atoms with Crippen LogP contribution in [-0.4, -0.2) is 60.4 Å². The highest BCUT2D eigenvalue weighted by Crippen LogP contribution is 2.31. The van der Waals surface area contributed by atoms with Crippen molar-refractivity contribution in [1.29, 1.82) is 0 Å². The third-order valence-electron chi connectivity index (χ3n) is 4.21. The molecule has 0 radical (unpaired) electrons. The number of carbonyl (C=O) groups is 1. The van der Waals surface area contributed by atoms with Crippen LogP contribution < -0.4 is 0 Å². The number of benzene rings is 1. The van der Waals surface area contributed by atoms with E-state index in [9.17, 15) is 13.2 Å². The molecule has 0 bridgehead atoms. The van der Waals surface area contributed by atoms with Gasteiger partial charge in [-0.05, 0) is 25.1 Å². The number of aromatic nitrogens is 1. The largest absolute Gasteiger partial charge is 0.350 e. The van der Waals surface area contributed by atoms with Crippen LogP contribution in [0.25, 0.3) is 10.9 Å². The average Bonchev–Trinajstić information content (AvgIpc) is 3.02. The monoisotopic (exact) mass is 389 g/mol. The minimum Gasteiger partial charge on any atom is -0.350 e. The van der Waals surface area contributed by atoms with Crippen molar-refractivity contribution >= 4 is 50.0 Å². The number of H-pyrrole nitrogens is 1. The molecular formula is C15H17Cl2N3O3S. The van der Waals surface area contributed by atoms with Gasteiger partial charge in [-0.1, -0.05) is 23.2 Å². The Kier molecular flexibility index (Phi) is 4.79. The summed E-state index contributed by atoms with van der Waals surface area (Å²) in [5.74, 6) is -0.102. The minimum absolute atomic E-state index is 0.0716. The Balaban J connectivity index is 1.78. The van der Waals surface area contributed by atoms with Crippen LogP contribution in [0.4, 0.5) is 0 Å². The third-order valence-corrected chi connectivity index (χ3v) is 6.91. The molecule has 0 atom stereocenters. The topological polar surface area (TPSA) is 73.5 Å². The van der Waals surface area contributed by atoms with Crippen molar-refractivity contribution in [3.05, 3.63) is 33.9 Å². The zero-order chi connectivity index (χ0) is 17.5. The fraction of sp³-hybridized carbons (Fsp3) is 0.400. The number of aromatic amines is 1. The van der Waals surface area contributed by atoms with Gasteiger partial charge in [-0.25, -0.2) is 8.42 Å². The lowest BCUT2D eigenvalue weighted by Gasteiger charge is -2.33. The van der Waals surface area contributed by atoms with E-state index in [0.717, 1.165) is 5.52 Å². The summed E-state index contributed by atoms with van der Waals surface area (Å²) in [6.07, 6.45) is 0. The van der Waals surface area contributed by atoms with Crippen molar-refractivity contribution in [2.45, 2.75) is 6.92 Å². The highest BCUT2D eigenvalue weighted by Gasteiger charge is 2.28. The van der Waals surface area contributed by atoms with Gasteiger partial charge in [0, 0.05) is 37.1 Å². The number of halogens is 2. The van der Waals surface area contributed by atoms with E-state index in [1.54, 1.807) is 30.0 Å². The summed E-state index contributed by atoms with van der Waals surface area (Å²) >= 11 is 12.2. The summed E-state index contributed by atoms with van der Waals surface area (Å²) in [6.45, 7) is 2.97. The highest BCUT2D eigenvalue weighted by molar-refractivity contribution is 7.89. The van der Waals surface area contributed by atoms with Crippen molar-refractivity contribution in [1.82, 2.24) is 14.2 Å². The quantitative estimate of drug-likeness (QED) is 0.876. The molecule has 1 N–H and O–H groups in total. The Morgan fingerprint density at radius 2 is 1.88 bits per heavy atom. The molecule has 0 unspecified atom stereocenters. The highest BCUT2D eigenvalue weighted by atomic mass is 35.5. The predicted octanol–water partition coefficient (Wildman–Crippen LogP) is 2.58. The third kappa shape index (κ3) is 3.13. The number of piperazine rings is 1. The second-order valence-corrected chi connectivity index (χ2v) is 8.64. The van der Waals surface area contributed by atoms with Gasteiger partial charge in [0.05, 0.1) is 15.8 Å². The zero-order valence-electron chi connectivity index (χ0n) is 13.1. The van der Waals surface area contributed by atoms with Crippen LogP contribution in [0.1, 0.15) is 17.4 Å². The van der Waals surface area contributed by atoms with E-state index >= 15 is 0 Å². The second-order valence-electron chi connectivity index (χ2n) is 5.60. The Bertz CT molecular complexity index is 887. The second kappa shape index (κ2) is 6.55. The van der Waals surface area contributed by atoms with Crippen LogP contribution in [0.15, 0.2) is 18.2 Å². The van der Waals surface area contributed by atoms with Crippen LogP contribution in [0, 0.1) is 0 Å². The molecule has 9 heteroatoms. The molecule has 1 saturated heterocycles. The summed E-state index contributed by atoms with van der Waals surface area (Å²) in [5, 5.41) is 1.53. The fourth-order valence-corrected chi connectivity index (χ4v) is 4.25. The Morgan fingerprint density at radius 1 is 1.21 bits per heavy atom. The molecule has 1 fully saturated rings. The Labute approximate surface area is 150 Å². The summed E-state index contributed by atoms with van der Waals surface area (Å²) in [7, 11) is -3.21. The van der Waals surface area contributed by atoms with Crippen molar-refractivity contribution in [2.24, 2.45) is 0 Å². The Hall–Kier alpha value is -1.28. The molecule has 6 nitrogen and oxygen atoms in total. The summed E-state index contributed by atoms with van der Waals surface area (Å²) in [4.78, 5) is 17.3. The van der Waals surface area contributed by atoms with Crippen molar-refractivity contribution in [2.75, 3.05) is 31.9 Å². The van der Waals surface area contributed by atoms with E-state index in [0.29, 0.717) is 47.3 Å². The number of hydrogen-bond acceptors (Lipinski definition) is 3. The van der Waals surface area contributed by atoms with Gasteiger partial charge in [-0.3, -0.25) is 4.79 Å².